The van der Waals surface area contributed by atoms with Crippen LogP contribution in [0.2, 0.25) is 0 Å². The van der Waals surface area contributed by atoms with E-state index in [1.165, 1.54) is 12.1 Å². The Balaban J connectivity index is 1.90. The van der Waals surface area contributed by atoms with E-state index in [1.54, 1.807) is 23.9 Å². The monoisotopic (exact) mass is 415 g/mol. The molecule has 0 unspecified atom stereocenters. The minimum Gasteiger partial charge on any atom is -0.383 e. The Labute approximate surface area is 170 Å². The molecule has 0 aliphatic carbocycles. The number of aromatic nitrogens is 3. The number of methoxy groups -OCH3 is 1. The fourth-order valence-electron chi connectivity index (χ4n) is 2.92. The molecular weight excluding hydrogens is 390 g/mol. The highest BCUT2D eigenvalue weighted by molar-refractivity contribution is 7.89. The van der Waals surface area contributed by atoms with Gasteiger partial charge >= 0.3 is 0 Å². The number of benzene rings is 2. The Hall–Kier alpha value is -2.59. The van der Waals surface area contributed by atoms with E-state index in [0.717, 1.165) is 11.4 Å². The highest BCUT2D eigenvalue weighted by Crippen LogP contribution is 2.16. The van der Waals surface area contributed by atoms with Gasteiger partial charge in [0.1, 0.15) is 5.82 Å². The minimum atomic E-state index is -3.75. The predicted octanol–water partition coefficient (Wildman–Crippen LogP) is 1.63. The predicted molar refractivity (Wildman–Crippen MR) is 110 cm³/mol. The first-order valence-electron chi connectivity index (χ1n) is 9.21. The zero-order valence-corrected chi connectivity index (χ0v) is 17.3. The van der Waals surface area contributed by atoms with E-state index in [2.05, 4.69) is 10.4 Å². The number of primary sulfonamides is 1. The zero-order chi connectivity index (χ0) is 20.9. The third-order valence-corrected chi connectivity index (χ3v) is 5.29. The lowest BCUT2D eigenvalue weighted by Gasteiger charge is -2.10. The molecule has 0 fully saturated rings. The van der Waals surface area contributed by atoms with Crippen LogP contribution in [0.15, 0.2) is 59.5 Å². The third kappa shape index (κ3) is 5.70. The Morgan fingerprint density at radius 3 is 2.45 bits per heavy atom. The third-order valence-electron chi connectivity index (χ3n) is 4.36. The molecule has 1 atom stereocenters. The summed E-state index contributed by atoms with van der Waals surface area (Å²) < 4.78 is 29.9. The zero-order valence-electron chi connectivity index (χ0n) is 16.4. The maximum Gasteiger partial charge on any atom is 0.238 e. The molecule has 0 amide bonds. The quantitative estimate of drug-likeness (QED) is 0.549. The van der Waals surface area contributed by atoms with Crippen LogP contribution in [0.5, 0.6) is 0 Å². The van der Waals surface area contributed by atoms with E-state index in [-0.39, 0.29) is 10.9 Å². The fraction of sp³-hybridized carbons (Fsp3) is 0.300. The molecular formula is C20H25N5O3S. The molecule has 2 aromatic carbocycles. The first kappa shape index (κ1) is 21.1. The van der Waals surface area contributed by atoms with E-state index < -0.39 is 10.0 Å². The molecule has 0 aliphatic rings. The highest BCUT2D eigenvalue weighted by atomic mass is 32.2. The van der Waals surface area contributed by atoms with Crippen molar-refractivity contribution in [2.75, 3.05) is 13.7 Å². The van der Waals surface area contributed by atoms with Crippen LogP contribution in [0.1, 0.15) is 24.1 Å². The Morgan fingerprint density at radius 2 is 1.83 bits per heavy atom. The van der Waals surface area contributed by atoms with Gasteiger partial charge in [0, 0.05) is 19.6 Å². The number of nitrogens with one attached hydrogen (secondary N) is 1. The van der Waals surface area contributed by atoms with Gasteiger partial charge in [0.05, 0.1) is 23.7 Å². The van der Waals surface area contributed by atoms with Crippen LogP contribution < -0.4 is 10.5 Å². The molecule has 3 N–H and O–H groups in total. The number of rotatable bonds is 9. The van der Waals surface area contributed by atoms with E-state index in [0.29, 0.717) is 31.1 Å². The van der Waals surface area contributed by atoms with Crippen LogP contribution in [-0.2, 0) is 27.7 Å². The number of nitrogens with zero attached hydrogens (tertiary/aromatic N) is 3. The average molecular weight is 416 g/mol. The van der Waals surface area contributed by atoms with Gasteiger partial charge in [-0.3, -0.25) is 0 Å². The van der Waals surface area contributed by atoms with Gasteiger partial charge in [0.15, 0.2) is 5.82 Å². The summed E-state index contributed by atoms with van der Waals surface area (Å²) in [6, 6.07) is 16.4. The molecule has 9 heteroatoms. The molecule has 1 heterocycles. The van der Waals surface area contributed by atoms with Crippen molar-refractivity contribution in [2.24, 2.45) is 5.14 Å². The highest BCUT2D eigenvalue weighted by Gasteiger charge is 2.14. The van der Waals surface area contributed by atoms with Crippen molar-refractivity contribution >= 4 is 10.0 Å². The van der Waals surface area contributed by atoms with Gasteiger partial charge in [-0.05, 0) is 36.8 Å². The molecule has 3 rings (SSSR count). The Bertz CT molecular complexity index is 1030. The first-order chi connectivity index (χ1) is 13.9. The van der Waals surface area contributed by atoms with Crippen molar-refractivity contribution < 1.29 is 13.2 Å². The van der Waals surface area contributed by atoms with Crippen LogP contribution in [0, 0.1) is 0 Å². The number of sulfonamides is 1. The van der Waals surface area contributed by atoms with Crippen LogP contribution in [-0.4, -0.2) is 42.9 Å². The van der Waals surface area contributed by atoms with Gasteiger partial charge in [-0.1, -0.05) is 30.3 Å². The van der Waals surface area contributed by atoms with Gasteiger partial charge in [-0.2, -0.15) is 0 Å². The second-order valence-corrected chi connectivity index (χ2v) is 8.36. The van der Waals surface area contributed by atoms with Crippen LogP contribution in [0.3, 0.4) is 0 Å². The lowest BCUT2D eigenvalue weighted by molar-refractivity contribution is 0.171. The largest absolute Gasteiger partial charge is 0.383 e. The van der Waals surface area contributed by atoms with Gasteiger partial charge in [-0.25, -0.2) is 23.2 Å². The van der Waals surface area contributed by atoms with Crippen molar-refractivity contribution in [1.82, 2.24) is 20.1 Å². The normalized spacial score (nSPS) is 12.8. The van der Waals surface area contributed by atoms with Crippen molar-refractivity contribution in [3.8, 4) is 5.69 Å². The van der Waals surface area contributed by atoms with Gasteiger partial charge in [0.25, 0.3) is 0 Å². The maximum atomic E-state index is 11.5. The second-order valence-electron chi connectivity index (χ2n) is 6.79. The molecule has 0 aliphatic heterocycles. The lowest BCUT2D eigenvalue weighted by atomic mass is 10.1. The first-order valence-corrected chi connectivity index (χ1v) is 10.8. The number of hydrogen-bond acceptors (Lipinski definition) is 6. The Morgan fingerprint density at radius 1 is 1.14 bits per heavy atom. The molecule has 0 saturated heterocycles. The molecule has 1 aromatic heterocycles. The van der Waals surface area contributed by atoms with Crippen LogP contribution in [0.25, 0.3) is 5.69 Å². The number of ether oxygens (including phenoxy) is 1. The molecule has 29 heavy (non-hydrogen) atoms. The van der Waals surface area contributed by atoms with Crippen molar-refractivity contribution in [3.05, 3.63) is 71.8 Å². The summed E-state index contributed by atoms with van der Waals surface area (Å²) in [6.07, 6.45) is 0.596. The minimum absolute atomic E-state index is 0.0567. The summed E-state index contributed by atoms with van der Waals surface area (Å²) in [6.45, 7) is 3.11. The molecule has 0 radical (unpaired) electrons. The van der Waals surface area contributed by atoms with E-state index in [4.69, 9.17) is 14.9 Å². The van der Waals surface area contributed by atoms with Crippen LogP contribution in [0.4, 0.5) is 0 Å². The van der Waals surface area contributed by atoms with E-state index >= 15 is 0 Å². The van der Waals surface area contributed by atoms with Crippen molar-refractivity contribution in [2.45, 2.75) is 30.8 Å². The summed E-state index contributed by atoms with van der Waals surface area (Å²) in [4.78, 5) is 4.75. The molecule has 154 valence electrons. The summed E-state index contributed by atoms with van der Waals surface area (Å²) in [5, 5.41) is 13.1. The van der Waals surface area contributed by atoms with Crippen LogP contribution >= 0.6 is 0 Å². The smallest absolute Gasteiger partial charge is 0.238 e. The maximum absolute atomic E-state index is 11.5. The van der Waals surface area contributed by atoms with Gasteiger partial charge in [-0.15, -0.1) is 5.10 Å². The summed E-state index contributed by atoms with van der Waals surface area (Å²) in [7, 11) is -2.08. The number of hydrogen-bond donors (Lipinski definition) is 2. The summed E-state index contributed by atoms with van der Waals surface area (Å²) in [5.74, 6) is 1.41. The molecule has 0 bridgehead atoms. The second kappa shape index (κ2) is 9.27. The standard InChI is InChI=1S/C20H25N5O3S/c1-15(14-28-2)22-13-19-23-20(12-16-6-4-3-5-7-16)25(24-19)17-8-10-18(11-9-17)29(21,26)27/h3-11,15,22H,12-14H2,1-2H3,(H2,21,26,27)/t15-/m0/s1. The van der Waals surface area contributed by atoms with E-state index in [1.807, 2.05) is 37.3 Å². The van der Waals surface area contributed by atoms with Crippen molar-refractivity contribution in [1.29, 1.82) is 0 Å². The van der Waals surface area contributed by atoms with Gasteiger partial charge < -0.3 is 10.1 Å². The fourth-order valence-corrected chi connectivity index (χ4v) is 3.43. The Kier molecular flexibility index (Phi) is 6.75. The molecule has 8 nitrogen and oxygen atoms in total. The molecule has 0 spiro atoms. The molecule has 0 saturated carbocycles. The van der Waals surface area contributed by atoms with Crippen molar-refractivity contribution in [3.63, 3.8) is 0 Å². The topological polar surface area (TPSA) is 112 Å². The van der Waals surface area contributed by atoms with E-state index in [9.17, 15) is 8.42 Å². The lowest BCUT2D eigenvalue weighted by Crippen LogP contribution is -2.30. The van der Waals surface area contributed by atoms with Gasteiger partial charge in [0.2, 0.25) is 10.0 Å². The SMILES string of the molecule is COC[C@H](C)NCc1nc(Cc2ccccc2)n(-c2ccc(S(N)(=O)=O)cc2)n1. The number of nitrogens with two attached hydrogens (primary N) is 1. The average Bonchev–Trinajstić information content (AvgIpc) is 3.09. The summed E-state index contributed by atoms with van der Waals surface area (Å²) >= 11 is 0. The summed E-state index contributed by atoms with van der Waals surface area (Å²) in [5.41, 5.74) is 1.82. The molecule has 3 aromatic rings.